The van der Waals surface area contributed by atoms with E-state index in [9.17, 15) is 9.59 Å². The molecule has 5 rings (SSSR count). The minimum absolute atomic E-state index is 0.0143. The maximum atomic E-state index is 12.9. The second-order valence-electron chi connectivity index (χ2n) is 8.12. The Morgan fingerprint density at radius 3 is 3.00 bits per heavy atom. The SMILES string of the molecule is CN1CC(C(=O)COC(=O)c2cccnc2)CC2c3cccc4[nH]cc(c34)C[C@H]21. The van der Waals surface area contributed by atoms with Crippen LogP contribution in [0.4, 0.5) is 0 Å². The van der Waals surface area contributed by atoms with Crippen molar-refractivity contribution in [2.45, 2.75) is 24.8 Å². The summed E-state index contributed by atoms with van der Waals surface area (Å²) in [7, 11) is 2.09. The molecule has 0 amide bonds. The van der Waals surface area contributed by atoms with Crippen molar-refractivity contribution in [1.29, 1.82) is 0 Å². The van der Waals surface area contributed by atoms with E-state index in [-0.39, 0.29) is 18.3 Å². The smallest absolute Gasteiger partial charge is 0.340 e. The van der Waals surface area contributed by atoms with Gasteiger partial charge in [-0.2, -0.15) is 0 Å². The molecule has 6 heteroatoms. The first-order chi connectivity index (χ1) is 14.1. The number of esters is 1. The average molecular weight is 389 g/mol. The van der Waals surface area contributed by atoms with Crippen LogP contribution in [-0.4, -0.2) is 52.9 Å². The number of hydrogen-bond acceptors (Lipinski definition) is 5. The third-order valence-electron chi connectivity index (χ3n) is 6.42. The van der Waals surface area contributed by atoms with Crippen LogP contribution in [0.15, 0.2) is 48.9 Å². The highest BCUT2D eigenvalue weighted by Crippen LogP contribution is 2.44. The van der Waals surface area contributed by atoms with Crippen LogP contribution in [0.3, 0.4) is 0 Å². The fourth-order valence-corrected chi connectivity index (χ4v) is 5.00. The number of piperidine rings is 1. The van der Waals surface area contributed by atoms with E-state index in [1.165, 1.54) is 22.7 Å². The van der Waals surface area contributed by atoms with Gasteiger partial charge in [-0.15, -0.1) is 0 Å². The van der Waals surface area contributed by atoms with E-state index in [2.05, 4.69) is 46.3 Å². The van der Waals surface area contributed by atoms with Gasteiger partial charge in [-0.3, -0.25) is 9.78 Å². The topological polar surface area (TPSA) is 75.3 Å². The molecule has 1 saturated heterocycles. The van der Waals surface area contributed by atoms with Crippen molar-refractivity contribution >= 4 is 22.7 Å². The Labute approximate surface area is 168 Å². The Hall–Kier alpha value is -2.99. The van der Waals surface area contributed by atoms with E-state index < -0.39 is 5.97 Å². The summed E-state index contributed by atoms with van der Waals surface area (Å²) in [5.74, 6) is -0.352. The highest BCUT2D eigenvalue weighted by molar-refractivity contribution is 5.92. The number of fused-ring (bicyclic) bond motifs is 2. The molecule has 1 aromatic carbocycles. The van der Waals surface area contributed by atoms with Crippen molar-refractivity contribution in [3.05, 3.63) is 65.6 Å². The van der Waals surface area contributed by atoms with Crippen molar-refractivity contribution in [2.75, 3.05) is 20.2 Å². The summed E-state index contributed by atoms with van der Waals surface area (Å²) in [5, 5.41) is 1.32. The molecule has 29 heavy (non-hydrogen) atoms. The first-order valence-corrected chi connectivity index (χ1v) is 10.0. The van der Waals surface area contributed by atoms with Crippen LogP contribution in [0.5, 0.6) is 0 Å². The zero-order valence-electron chi connectivity index (χ0n) is 16.3. The number of likely N-dealkylation sites (tertiary alicyclic amines) is 1. The van der Waals surface area contributed by atoms with Crippen LogP contribution in [0.1, 0.15) is 33.8 Å². The molecular formula is C23H23N3O3. The second-order valence-corrected chi connectivity index (χ2v) is 8.12. The quantitative estimate of drug-likeness (QED) is 0.695. The zero-order valence-corrected chi connectivity index (χ0v) is 16.3. The largest absolute Gasteiger partial charge is 0.454 e. The fourth-order valence-electron chi connectivity index (χ4n) is 5.00. The summed E-state index contributed by atoms with van der Waals surface area (Å²) in [6.45, 7) is 0.503. The lowest BCUT2D eigenvalue weighted by atomic mass is 9.72. The van der Waals surface area contributed by atoms with Gasteiger partial charge in [-0.1, -0.05) is 12.1 Å². The molecule has 0 bridgehead atoms. The van der Waals surface area contributed by atoms with Crippen molar-refractivity contribution in [3.63, 3.8) is 0 Å². The lowest BCUT2D eigenvalue weighted by Crippen LogP contribution is -2.50. The summed E-state index contributed by atoms with van der Waals surface area (Å²) in [5.41, 5.74) is 4.21. The zero-order chi connectivity index (χ0) is 20.0. The summed E-state index contributed by atoms with van der Waals surface area (Å²) in [4.78, 5) is 34.6. The molecule has 3 aromatic rings. The lowest BCUT2D eigenvalue weighted by Gasteiger charge is -2.45. The number of ketones is 1. The summed E-state index contributed by atoms with van der Waals surface area (Å²) in [6, 6.07) is 10.1. The van der Waals surface area contributed by atoms with Crippen molar-refractivity contribution in [3.8, 4) is 0 Å². The number of ether oxygens (including phenoxy) is 1. The standard InChI is InChI=1S/C23H23N3O3/c1-26-12-16(21(27)13-29-23(28)14-4-3-7-24-10-14)8-18-17-5-2-6-19-22(17)15(11-25-19)9-20(18)26/h2-7,10-11,16,18,20,25H,8-9,12-13H2,1H3/t16?,18?,20-/m1/s1. The van der Waals surface area contributed by atoms with Gasteiger partial charge in [0.1, 0.15) is 0 Å². The third kappa shape index (κ3) is 3.13. The monoisotopic (exact) mass is 389 g/mol. The molecular weight excluding hydrogens is 366 g/mol. The molecule has 2 aliphatic rings. The number of aromatic amines is 1. The molecule has 1 aliphatic carbocycles. The summed E-state index contributed by atoms with van der Waals surface area (Å²) < 4.78 is 5.26. The number of likely N-dealkylation sites (N-methyl/N-ethyl adjacent to an activating group) is 1. The average Bonchev–Trinajstić information content (AvgIpc) is 3.17. The van der Waals surface area contributed by atoms with Gasteiger partial charge >= 0.3 is 5.97 Å². The van der Waals surface area contributed by atoms with E-state index >= 15 is 0 Å². The number of rotatable bonds is 4. The number of aromatic nitrogens is 2. The predicted octanol–water partition coefficient (Wildman–Crippen LogP) is 2.95. The van der Waals surface area contributed by atoms with Gasteiger partial charge in [0.15, 0.2) is 12.4 Å². The van der Waals surface area contributed by atoms with Crippen molar-refractivity contribution in [1.82, 2.24) is 14.9 Å². The van der Waals surface area contributed by atoms with Crippen molar-refractivity contribution < 1.29 is 14.3 Å². The Bertz CT molecular complexity index is 1080. The van der Waals surface area contributed by atoms with Gasteiger partial charge < -0.3 is 14.6 Å². The van der Waals surface area contributed by atoms with E-state index in [4.69, 9.17) is 4.74 Å². The van der Waals surface area contributed by atoms with Crippen molar-refractivity contribution in [2.24, 2.45) is 5.92 Å². The molecule has 3 atom stereocenters. The molecule has 2 unspecified atom stereocenters. The molecule has 0 radical (unpaired) electrons. The van der Waals surface area contributed by atoms with E-state index in [0.717, 1.165) is 18.4 Å². The number of benzene rings is 1. The normalized spacial score (nSPS) is 23.6. The Morgan fingerprint density at radius 2 is 2.17 bits per heavy atom. The maximum Gasteiger partial charge on any atom is 0.340 e. The minimum Gasteiger partial charge on any atom is -0.454 e. The second kappa shape index (κ2) is 7.12. The van der Waals surface area contributed by atoms with Crippen LogP contribution in [0.25, 0.3) is 10.9 Å². The van der Waals surface area contributed by atoms with Crippen LogP contribution in [-0.2, 0) is 16.0 Å². The van der Waals surface area contributed by atoms with Crippen LogP contribution in [0, 0.1) is 5.92 Å². The van der Waals surface area contributed by atoms with Crippen LogP contribution < -0.4 is 0 Å². The minimum atomic E-state index is -0.507. The van der Waals surface area contributed by atoms with E-state index in [0.29, 0.717) is 24.1 Å². The Morgan fingerprint density at radius 1 is 1.28 bits per heavy atom. The molecule has 1 fully saturated rings. The molecule has 1 N–H and O–H groups in total. The number of carbonyl (C=O) groups is 2. The van der Waals surface area contributed by atoms with Gasteiger partial charge in [-0.05, 0) is 49.2 Å². The van der Waals surface area contributed by atoms with E-state index in [1.54, 1.807) is 18.3 Å². The van der Waals surface area contributed by atoms with Gasteiger partial charge in [0.05, 0.1) is 5.56 Å². The molecule has 2 aromatic heterocycles. The fraction of sp³-hybridized carbons (Fsp3) is 0.348. The number of hydrogen-bond donors (Lipinski definition) is 1. The predicted molar refractivity (Wildman–Crippen MR) is 109 cm³/mol. The van der Waals surface area contributed by atoms with Crippen LogP contribution in [0.2, 0.25) is 0 Å². The number of nitrogens with one attached hydrogen (secondary N) is 1. The Kier molecular flexibility index (Phi) is 4.43. The molecule has 6 nitrogen and oxygen atoms in total. The maximum absolute atomic E-state index is 12.9. The molecule has 0 saturated carbocycles. The first kappa shape index (κ1) is 18.1. The highest BCUT2D eigenvalue weighted by Gasteiger charge is 2.41. The van der Waals surface area contributed by atoms with Gasteiger partial charge in [0.2, 0.25) is 0 Å². The Balaban J connectivity index is 1.32. The highest BCUT2D eigenvalue weighted by atomic mass is 16.5. The number of Topliss-reactive ketones (excluding diaryl/α,β-unsaturated/α-hetero) is 1. The first-order valence-electron chi connectivity index (χ1n) is 10.0. The number of nitrogens with zero attached hydrogens (tertiary/aromatic N) is 2. The third-order valence-corrected chi connectivity index (χ3v) is 6.42. The summed E-state index contributed by atoms with van der Waals surface area (Å²) >= 11 is 0. The summed E-state index contributed by atoms with van der Waals surface area (Å²) in [6.07, 6.45) is 6.95. The van der Waals surface area contributed by atoms with Gasteiger partial charge in [0.25, 0.3) is 0 Å². The molecule has 0 spiro atoms. The van der Waals surface area contributed by atoms with Gasteiger partial charge in [0, 0.05) is 53.9 Å². The molecule has 3 heterocycles. The number of H-pyrrole nitrogens is 1. The number of carbonyl (C=O) groups excluding carboxylic acids is 2. The number of pyridine rings is 1. The van der Waals surface area contributed by atoms with Crippen LogP contribution >= 0.6 is 0 Å². The molecule has 1 aliphatic heterocycles. The molecule has 148 valence electrons. The van der Waals surface area contributed by atoms with Gasteiger partial charge in [-0.25, -0.2) is 4.79 Å². The van der Waals surface area contributed by atoms with E-state index in [1.807, 2.05) is 0 Å². The lowest BCUT2D eigenvalue weighted by molar-refractivity contribution is -0.128.